The van der Waals surface area contributed by atoms with Crippen LogP contribution in [0, 0.1) is 0 Å². The molecule has 1 heterocycles. The number of rotatable bonds is 5. The van der Waals surface area contributed by atoms with E-state index >= 15 is 0 Å². The van der Waals surface area contributed by atoms with Gasteiger partial charge in [-0.25, -0.2) is 4.79 Å². The number of ether oxygens (including phenoxy) is 1. The molecule has 0 bridgehead atoms. The smallest absolute Gasteiger partial charge is 0.339 e. The van der Waals surface area contributed by atoms with Crippen molar-refractivity contribution in [1.29, 1.82) is 0 Å². The maximum atomic E-state index is 12.2. The van der Waals surface area contributed by atoms with Crippen LogP contribution in [0.15, 0.2) is 51.7 Å². The molecule has 0 amide bonds. The lowest BCUT2D eigenvalue weighted by atomic mass is 9.91. The fraction of sp³-hybridized carbons (Fsp3) is 0.273. The van der Waals surface area contributed by atoms with Gasteiger partial charge in [-0.05, 0) is 54.5 Å². The number of benzene rings is 2. The van der Waals surface area contributed by atoms with Crippen LogP contribution in [0.1, 0.15) is 35.1 Å². The Morgan fingerprint density at radius 1 is 1.00 bits per heavy atom. The van der Waals surface area contributed by atoms with Crippen molar-refractivity contribution < 1.29 is 19.1 Å². The van der Waals surface area contributed by atoms with Gasteiger partial charge in [0.15, 0.2) is 0 Å². The number of aliphatic carboxylic acids is 1. The largest absolute Gasteiger partial charge is 0.489 e. The van der Waals surface area contributed by atoms with E-state index in [2.05, 4.69) is 0 Å². The quantitative estimate of drug-likeness (QED) is 0.695. The van der Waals surface area contributed by atoms with E-state index in [0.29, 0.717) is 17.9 Å². The molecule has 4 rings (SSSR count). The number of hydrogen-bond donors (Lipinski definition) is 1. The van der Waals surface area contributed by atoms with Crippen LogP contribution in [0.4, 0.5) is 0 Å². The number of aryl methyl sites for hydroxylation is 1. The molecular weight excluding hydrogens is 344 g/mol. The summed E-state index contributed by atoms with van der Waals surface area (Å²) in [6, 6.07) is 12.9. The van der Waals surface area contributed by atoms with Crippen molar-refractivity contribution in [2.45, 2.75) is 38.7 Å². The van der Waals surface area contributed by atoms with Crippen LogP contribution in [0.5, 0.6) is 5.75 Å². The summed E-state index contributed by atoms with van der Waals surface area (Å²) in [5, 5.41) is 9.81. The monoisotopic (exact) mass is 364 g/mol. The molecule has 0 fully saturated rings. The van der Waals surface area contributed by atoms with Crippen molar-refractivity contribution in [3.8, 4) is 5.75 Å². The van der Waals surface area contributed by atoms with Crippen molar-refractivity contribution in [1.82, 2.24) is 0 Å². The highest BCUT2D eigenvalue weighted by Crippen LogP contribution is 2.29. The maximum Gasteiger partial charge on any atom is 0.339 e. The molecule has 0 aliphatic heterocycles. The van der Waals surface area contributed by atoms with Gasteiger partial charge >= 0.3 is 11.6 Å². The normalized spacial score (nSPS) is 13.3. The lowest BCUT2D eigenvalue weighted by Gasteiger charge is -2.16. The zero-order chi connectivity index (χ0) is 18.8. The molecule has 0 saturated heterocycles. The van der Waals surface area contributed by atoms with E-state index in [4.69, 9.17) is 14.3 Å². The van der Waals surface area contributed by atoms with Crippen molar-refractivity contribution in [3.05, 3.63) is 75.1 Å². The first-order valence-electron chi connectivity index (χ1n) is 9.11. The lowest BCUT2D eigenvalue weighted by molar-refractivity contribution is -0.136. The van der Waals surface area contributed by atoms with E-state index in [9.17, 15) is 9.59 Å². The van der Waals surface area contributed by atoms with Gasteiger partial charge in [-0.1, -0.05) is 24.3 Å². The summed E-state index contributed by atoms with van der Waals surface area (Å²) in [5.74, 6) is -0.213. The van der Waals surface area contributed by atoms with E-state index in [1.807, 2.05) is 24.3 Å². The highest BCUT2D eigenvalue weighted by molar-refractivity contribution is 5.82. The zero-order valence-electron chi connectivity index (χ0n) is 14.9. The number of carboxylic acid groups (broad SMARTS) is 1. The molecule has 2 aromatic carbocycles. The van der Waals surface area contributed by atoms with Gasteiger partial charge in [-0.3, -0.25) is 4.79 Å². The van der Waals surface area contributed by atoms with Crippen molar-refractivity contribution in [2.24, 2.45) is 0 Å². The van der Waals surface area contributed by atoms with Crippen LogP contribution in [0.2, 0.25) is 0 Å². The third-order valence-electron chi connectivity index (χ3n) is 4.98. The summed E-state index contributed by atoms with van der Waals surface area (Å²) in [6.45, 7) is 0.355. The molecule has 0 saturated carbocycles. The van der Waals surface area contributed by atoms with Gasteiger partial charge in [0, 0.05) is 17.0 Å². The Bertz CT molecular complexity index is 1050. The molecule has 1 aliphatic carbocycles. The summed E-state index contributed by atoms with van der Waals surface area (Å²) >= 11 is 0. The molecule has 5 heteroatoms. The minimum atomic E-state index is -0.848. The molecule has 0 spiro atoms. The van der Waals surface area contributed by atoms with Crippen LogP contribution >= 0.6 is 0 Å². The highest BCUT2D eigenvalue weighted by atomic mass is 16.5. The fourth-order valence-corrected chi connectivity index (χ4v) is 3.61. The minimum Gasteiger partial charge on any atom is -0.489 e. The number of carboxylic acids is 1. The Hall–Kier alpha value is -3.08. The lowest BCUT2D eigenvalue weighted by Crippen LogP contribution is -2.15. The molecule has 3 aromatic rings. The third kappa shape index (κ3) is 3.72. The average molecular weight is 364 g/mol. The molecule has 0 atom stereocenters. The number of hydrogen-bond acceptors (Lipinski definition) is 4. The van der Waals surface area contributed by atoms with Gasteiger partial charge in [-0.2, -0.15) is 0 Å². The Morgan fingerprint density at radius 2 is 1.70 bits per heavy atom. The van der Waals surface area contributed by atoms with E-state index in [1.165, 1.54) is 0 Å². The Labute approximate surface area is 156 Å². The third-order valence-corrected chi connectivity index (χ3v) is 4.98. The Morgan fingerprint density at radius 3 is 2.44 bits per heavy atom. The van der Waals surface area contributed by atoms with Gasteiger partial charge in [0.1, 0.15) is 17.9 Å². The van der Waals surface area contributed by atoms with E-state index in [0.717, 1.165) is 53.3 Å². The Kier molecular flexibility index (Phi) is 4.67. The van der Waals surface area contributed by atoms with Crippen LogP contribution < -0.4 is 10.4 Å². The van der Waals surface area contributed by atoms with Crippen molar-refractivity contribution >= 4 is 16.9 Å². The molecule has 1 aliphatic rings. The van der Waals surface area contributed by atoms with Gasteiger partial charge in [0.25, 0.3) is 0 Å². The van der Waals surface area contributed by atoms with Gasteiger partial charge in [0.2, 0.25) is 0 Å². The Balaban J connectivity index is 1.53. The molecule has 138 valence electrons. The van der Waals surface area contributed by atoms with E-state index in [1.54, 1.807) is 18.2 Å². The summed E-state index contributed by atoms with van der Waals surface area (Å²) in [4.78, 5) is 23.0. The molecule has 5 nitrogen and oxygen atoms in total. The SMILES string of the molecule is O=C(O)Cc1ccc(COc2ccc3c4c(c(=O)oc3c2)CCCC4)cc1. The van der Waals surface area contributed by atoms with Crippen LogP contribution in [0.3, 0.4) is 0 Å². The topological polar surface area (TPSA) is 76.7 Å². The van der Waals surface area contributed by atoms with Gasteiger partial charge in [0.05, 0.1) is 6.42 Å². The average Bonchev–Trinajstić information content (AvgIpc) is 2.67. The van der Waals surface area contributed by atoms with E-state index in [-0.39, 0.29) is 12.0 Å². The first kappa shape index (κ1) is 17.3. The first-order valence-corrected chi connectivity index (χ1v) is 9.11. The standard InChI is InChI=1S/C22H20O5/c23-21(24)11-14-5-7-15(8-6-14)13-26-16-9-10-18-17-3-1-2-4-19(17)22(25)27-20(18)12-16/h5-10,12H,1-4,11,13H2,(H,23,24). The second-order valence-electron chi connectivity index (χ2n) is 6.89. The minimum absolute atomic E-state index is 0.00909. The maximum absolute atomic E-state index is 12.2. The first-order chi connectivity index (χ1) is 13.1. The van der Waals surface area contributed by atoms with Crippen LogP contribution in [-0.4, -0.2) is 11.1 Å². The zero-order valence-corrected chi connectivity index (χ0v) is 14.9. The van der Waals surface area contributed by atoms with Gasteiger partial charge in [-0.15, -0.1) is 0 Å². The van der Waals surface area contributed by atoms with E-state index < -0.39 is 5.97 Å². The molecule has 0 radical (unpaired) electrons. The highest BCUT2D eigenvalue weighted by Gasteiger charge is 2.18. The molecule has 27 heavy (non-hydrogen) atoms. The summed E-state index contributed by atoms with van der Waals surface area (Å²) in [7, 11) is 0. The molecule has 0 unspecified atom stereocenters. The summed E-state index contributed by atoms with van der Waals surface area (Å²) < 4.78 is 11.3. The van der Waals surface area contributed by atoms with Crippen LogP contribution in [0.25, 0.3) is 11.0 Å². The summed E-state index contributed by atoms with van der Waals surface area (Å²) in [5.41, 5.74) is 3.97. The molecular formula is C22H20O5. The molecule has 1 aromatic heterocycles. The van der Waals surface area contributed by atoms with Gasteiger partial charge < -0.3 is 14.3 Å². The predicted molar refractivity (Wildman–Crippen MR) is 101 cm³/mol. The number of fused-ring (bicyclic) bond motifs is 3. The second kappa shape index (κ2) is 7.27. The van der Waals surface area contributed by atoms with Crippen LogP contribution in [-0.2, 0) is 30.7 Å². The second-order valence-corrected chi connectivity index (χ2v) is 6.89. The van der Waals surface area contributed by atoms with Crippen molar-refractivity contribution in [2.75, 3.05) is 0 Å². The molecule has 1 N–H and O–H groups in total. The fourth-order valence-electron chi connectivity index (χ4n) is 3.61. The van der Waals surface area contributed by atoms with Crippen molar-refractivity contribution in [3.63, 3.8) is 0 Å². The predicted octanol–water partition coefficient (Wildman–Crippen LogP) is 3.88. The summed E-state index contributed by atoms with van der Waals surface area (Å²) in [6.07, 6.45) is 3.86. The number of carbonyl (C=O) groups is 1.